The van der Waals surface area contributed by atoms with Gasteiger partial charge in [0.2, 0.25) is 4.96 Å². The van der Waals surface area contributed by atoms with Crippen LogP contribution in [0.5, 0.6) is 0 Å². The van der Waals surface area contributed by atoms with Crippen LogP contribution in [0.2, 0.25) is 0 Å². The molecule has 5 aromatic rings. The van der Waals surface area contributed by atoms with Crippen LogP contribution in [0.15, 0.2) is 42.9 Å². The molecule has 1 atom stereocenters. The second-order valence-electron chi connectivity index (χ2n) is 9.43. The highest BCUT2D eigenvalue weighted by atomic mass is 32.1. The quantitative estimate of drug-likeness (QED) is 0.385. The number of rotatable bonds is 6. The van der Waals surface area contributed by atoms with E-state index in [2.05, 4.69) is 44.5 Å². The molecule has 1 aliphatic rings. The fourth-order valence-electron chi connectivity index (χ4n) is 5.02. The number of aryl methyl sites for hydroxylation is 1. The maximum absolute atomic E-state index is 6.55. The molecular weight excluding hydrogens is 444 g/mol. The zero-order chi connectivity index (χ0) is 23.1. The lowest BCUT2D eigenvalue weighted by Crippen LogP contribution is -2.17. The van der Waals surface area contributed by atoms with Gasteiger partial charge in [0.1, 0.15) is 5.01 Å². The number of hydrogen-bond donors (Lipinski definition) is 1. The molecule has 0 amide bonds. The lowest BCUT2D eigenvalue weighted by molar-refractivity contribution is 0.318. The van der Waals surface area contributed by atoms with Crippen LogP contribution >= 0.6 is 11.3 Å². The Morgan fingerprint density at radius 2 is 1.97 bits per heavy atom. The van der Waals surface area contributed by atoms with Gasteiger partial charge in [-0.15, -0.1) is 10.2 Å². The third-order valence-electron chi connectivity index (χ3n) is 6.85. The molecule has 2 N–H and O–H groups in total. The largest absolute Gasteiger partial charge is 0.322 e. The second-order valence-corrected chi connectivity index (χ2v) is 10.4. The van der Waals surface area contributed by atoms with Crippen LogP contribution in [0.3, 0.4) is 0 Å². The van der Waals surface area contributed by atoms with Crippen molar-refractivity contribution in [2.75, 3.05) is 0 Å². The molecule has 0 saturated heterocycles. The molecule has 4 heterocycles. The molecule has 1 saturated carbocycles. The van der Waals surface area contributed by atoms with E-state index in [-0.39, 0.29) is 6.04 Å². The van der Waals surface area contributed by atoms with E-state index in [4.69, 9.17) is 10.8 Å². The van der Waals surface area contributed by atoms with Gasteiger partial charge in [-0.25, -0.2) is 0 Å². The molecule has 0 unspecified atom stereocenters. The molecule has 34 heavy (non-hydrogen) atoms. The molecule has 1 aliphatic carbocycles. The van der Waals surface area contributed by atoms with Gasteiger partial charge in [0, 0.05) is 42.4 Å². The predicted molar refractivity (Wildman–Crippen MR) is 134 cm³/mol. The Kier molecular flexibility index (Phi) is 5.58. The van der Waals surface area contributed by atoms with Gasteiger partial charge in [-0.2, -0.15) is 14.7 Å². The number of nitrogens with zero attached hydrogens (tertiary/aromatic N) is 7. The highest BCUT2D eigenvalue weighted by Gasteiger charge is 2.22. The predicted octanol–water partition coefficient (Wildman–Crippen LogP) is 4.70. The Balaban J connectivity index is 1.24. The average Bonchev–Trinajstić information content (AvgIpc) is 3.56. The number of hydrogen-bond acceptors (Lipinski definition) is 7. The lowest BCUT2D eigenvalue weighted by Gasteiger charge is -2.23. The summed E-state index contributed by atoms with van der Waals surface area (Å²) in [7, 11) is 1.92. The van der Waals surface area contributed by atoms with Gasteiger partial charge in [-0.3, -0.25) is 9.67 Å². The summed E-state index contributed by atoms with van der Waals surface area (Å²) in [5.41, 5.74) is 10.8. The van der Waals surface area contributed by atoms with Crippen molar-refractivity contribution in [3.8, 4) is 11.1 Å². The summed E-state index contributed by atoms with van der Waals surface area (Å²) in [6, 6.07) is 8.46. The van der Waals surface area contributed by atoms with E-state index in [0.717, 1.165) is 55.7 Å². The number of nitrogens with two attached hydrogens (primary N) is 1. The Morgan fingerprint density at radius 3 is 2.79 bits per heavy atom. The maximum atomic E-state index is 6.55. The summed E-state index contributed by atoms with van der Waals surface area (Å²) in [6.45, 7) is 0. The van der Waals surface area contributed by atoms with Crippen molar-refractivity contribution in [2.45, 2.75) is 51.0 Å². The fraction of sp³-hybridized carbons (Fsp3) is 0.400. The van der Waals surface area contributed by atoms with Gasteiger partial charge in [0.15, 0.2) is 5.82 Å². The van der Waals surface area contributed by atoms with Crippen molar-refractivity contribution in [2.24, 2.45) is 18.7 Å². The summed E-state index contributed by atoms with van der Waals surface area (Å²) < 4.78 is 3.67. The van der Waals surface area contributed by atoms with Gasteiger partial charge < -0.3 is 5.73 Å². The summed E-state index contributed by atoms with van der Waals surface area (Å²) in [6.07, 6.45) is 14.0. The summed E-state index contributed by atoms with van der Waals surface area (Å²) in [5, 5.41) is 19.9. The van der Waals surface area contributed by atoms with Crippen LogP contribution in [0, 0.1) is 5.92 Å². The van der Waals surface area contributed by atoms with Gasteiger partial charge in [0.25, 0.3) is 0 Å². The van der Waals surface area contributed by atoms with Gasteiger partial charge in [-0.1, -0.05) is 49.5 Å². The zero-order valence-corrected chi connectivity index (χ0v) is 20.1. The first kappa shape index (κ1) is 21.4. The Bertz CT molecular complexity index is 1440. The average molecular weight is 473 g/mol. The van der Waals surface area contributed by atoms with Crippen LogP contribution in [-0.4, -0.2) is 34.6 Å². The number of fused-ring (bicyclic) bond motifs is 2. The first-order valence-electron chi connectivity index (χ1n) is 12.0. The molecular formula is C25H28N8S. The van der Waals surface area contributed by atoms with Crippen molar-refractivity contribution in [3.63, 3.8) is 0 Å². The first-order chi connectivity index (χ1) is 16.6. The minimum atomic E-state index is -0.0275. The molecule has 0 bridgehead atoms. The number of aromatic nitrogens is 7. The van der Waals surface area contributed by atoms with Crippen LogP contribution in [0.4, 0.5) is 0 Å². The normalized spacial score (nSPS) is 15.9. The summed E-state index contributed by atoms with van der Waals surface area (Å²) >= 11 is 1.56. The Morgan fingerprint density at radius 1 is 1.09 bits per heavy atom. The van der Waals surface area contributed by atoms with Crippen molar-refractivity contribution in [1.82, 2.24) is 34.6 Å². The van der Waals surface area contributed by atoms with Crippen LogP contribution in [0.25, 0.3) is 27.0 Å². The van der Waals surface area contributed by atoms with Crippen LogP contribution in [0.1, 0.15) is 61.0 Å². The summed E-state index contributed by atoms with van der Waals surface area (Å²) in [4.78, 5) is 5.44. The van der Waals surface area contributed by atoms with Crippen LogP contribution < -0.4 is 5.73 Å². The lowest BCUT2D eigenvalue weighted by atomic mass is 9.85. The highest BCUT2D eigenvalue weighted by Crippen LogP contribution is 2.32. The molecule has 0 spiro atoms. The SMILES string of the molecule is Cn1cc(-c2cnc3ccc(Cc4nnc5sc([C@@H](N)CC6CCCCC6)nn45)cc3c2)cn1. The third-order valence-corrected chi connectivity index (χ3v) is 7.88. The Labute approximate surface area is 201 Å². The van der Waals surface area contributed by atoms with E-state index in [1.54, 1.807) is 16.0 Å². The van der Waals surface area contributed by atoms with Crippen molar-refractivity contribution >= 4 is 27.2 Å². The number of pyridine rings is 1. The zero-order valence-electron chi connectivity index (χ0n) is 19.3. The topological polar surface area (TPSA) is 99.8 Å². The highest BCUT2D eigenvalue weighted by molar-refractivity contribution is 7.16. The molecule has 1 fully saturated rings. The van der Waals surface area contributed by atoms with E-state index in [1.807, 2.05) is 30.2 Å². The van der Waals surface area contributed by atoms with E-state index in [0.29, 0.717) is 6.42 Å². The molecule has 1 aromatic carbocycles. The van der Waals surface area contributed by atoms with Crippen molar-refractivity contribution < 1.29 is 0 Å². The Hall–Kier alpha value is -3.17. The van der Waals surface area contributed by atoms with Crippen molar-refractivity contribution in [3.05, 3.63) is 59.3 Å². The minimum Gasteiger partial charge on any atom is -0.322 e. The molecule has 8 nitrogen and oxygen atoms in total. The van der Waals surface area contributed by atoms with Gasteiger partial charge in [-0.05, 0) is 36.1 Å². The minimum absolute atomic E-state index is 0.0275. The van der Waals surface area contributed by atoms with Crippen LogP contribution in [-0.2, 0) is 13.5 Å². The monoisotopic (exact) mass is 472 g/mol. The van der Waals surface area contributed by atoms with Crippen molar-refractivity contribution in [1.29, 1.82) is 0 Å². The molecule has 0 radical (unpaired) electrons. The number of benzene rings is 1. The van der Waals surface area contributed by atoms with E-state index in [1.165, 1.54) is 32.1 Å². The molecule has 6 rings (SSSR count). The first-order valence-corrected chi connectivity index (χ1v) is 12.8. The molecule has 174 valence electrons. The summed E-state index contributed by atoms with van der Waals surface area (Å²) in [5.74, 6) is 1.55. The van der Waals surface area contributed by atoms with E-state index < -0.39 is 0 Å². The molecule has 9 heteroatoms. The fourth-order valence-corrected chi connectivity index (χ4v) is 5.89. The van der Waals surface area contributed by atoms with Gasteiger partial charge >= 0.3 is 0 Å². The van der Waals surface area contributed by atoms with E-state index in [9.17, 15) is 0 Å². The second kappa shape index (κ2) is 8.88. The van der Waals surface area contributed by atoms with Gasteiger partial charge in [0.05, 0.1) is 17.8 Å². The standard InChI is InChI=1S/C25H28N8S/c1-32-15-20(14-28-32)19-12-18-9-17(7-8-22(18)27-13-19)11-23-29-30-25-33(23)31-24(34-25)21(26)10-16-5-3-2-4-6-16/h7-9,12-16,21H,2-6,10-11,26H2,1H3/t21-/m0/s1. The third kappa shape index (κ3) is 4.21. The molecule has 0 aliphatic heterocycles. The maximum Gasteiger partial charge on any atom is 0.234 e. The molecule has 4 aromatic heterocycles. The van der Waals surface area contributed by atoms with E-state index >= 15 is 0 Å². The smallest absolute Gasteiger partial charge is 0.234 e.